The average molecular weight is 499 g/mol. The maximum Gasteiger partial charge on any atom is 0.348 e. The van der Waals surface area contributed by atoms with E-state index in [9.17, 15) is 4.79 Å². The van der Waals surface area contributed by atoms with Crippen molar-refractivity contribution in [1.82, 2.24) is 9.55 Å². The normalized spacial score (nSPS) is 10.8. The molecular weight excluding hydrogens is 468 g/mol. The number of aromatic nitrogens is 2. The topological polar surface area (TPSA) is 71.8 Å². The summed E-state index contributed by atoms with van der Waals surface area (Å²) in [5.74, 6) is 4.99. The molecule has 4 aromatic rings. The van der Waals surface area contributed by atoms with Crippen molar-refractivity contribution in [3.05, 3.63) is 76.2 Å². The molecule has 0 saturated carbocycles. The van der Waals surface area contributed by atoms with Crippen molar-refractivity contribution in [2.24, 2.45) is 0 Å². The van der Waals surface area contributed by atoms with E-state index in [0.717, 1.165) is 16.5 Å². The summed E-state index contributed by atoms with van der Waals surface area (Å²) in [6, 6.07) is 17.3. The van der Waals surface area contributed by atoms with Crippen LogP contribution in [0.15, 0.2) is 59.4 Å². The summed E-state index contributed by atoms with van der Waals surface area (Å²) >= 11 is 0. The standard InChI is InChI=1S/C30H30N2O5/c1-7-14-37-23-12-13-25-24(17-23)28(22-10-8-21(9-11-22)19(2)3)31-30(33)32(25)18-20-15-26(34-4)29(36-6)27(16-20)35-5/h1,8-13,15-17,19H,14,18H2,2-6H3. The summed E-state index contributed by atoms with van der Waals surface area (Å²) in [6.07, 6.45) is 5.38. The van der Waals surface area contributed by atoms with E-state index in [2.05, 4.69) is 36.9 Å². The van der Waals surface area contributed by atoms with Crippen molar-refractivity contribution < 1.29 is 18.9 Å². The van der Waals surface area contributed by atoms with Crippen molar-refractivity contribution in [3.8, 4) is 46.6 Å². The largest absolute Gasteiger partial charge is 0.493 e. The Morgan fingerprint density at radius 3 is 2.19 bits per heavy atom. The number of rotatable bonds is 9. The molecule has 0 aliphatic carbocycles. The first-order valence-electron chi connectivity index (χ1n) is 11.9. The van der Waals surface area contributed by atoms with Crippen LogP contribution in [0.25, 0.3) is 22.2 Å². The molecule has 1 aromatic heterocycles. The van der Waals surface area contributed by atoms with E-state index in [1.165, 1.54) is 5.56 Å². The van der Waals surface area contributed by atoms with Crippen LogP contribution in [0.1, 0.15) is 30.9 Å². The Labute approximate surface area is 216 Å². The van der Waals surface area contributed by atoms with Gasteiger partial charge in [-0.3, -0.25) is 4.57 Å². The predicted octanol–water partition coefficient (Wildman–Crippen LogP) is 5.27. The molecule has 1 heterocycles. The Bertz CT molecular complexity index is 1490. The van der Waals surface area contributed by atoms with Crippen LogP contribution in [0.3, 0.4) is 0 Å². The fourth-order valence-electron chi connectivity index (χ4n) is 4.28. The number of nitrogens with zero attached hydrogens (tertiary/aromatic N) is 2. The summed E-state index contributed by atoms with van der Waals surface area (Å²) < 4.78 is 23.7. The minimum atomic E-state index is -0.374. The van der Waals surface area contributed by atoms with Gasteiger partial charge in [-0.2, -0.15) is 4.98 Å². The molecule has 0 aliphatic heterocycles. The minimum Gasteiger partial charge on any atom is -0.493 e. The third-order valence-electron chi connectivity index (χ3n) is 6.19. The maximum absolute atomic E-state index is 13.4. The molecule has 0 spiro atoms. The molecule has 0 amide bonds. The van der Waals surface area contributed by atoms with Crippen LogP contribution in [-0.4, -0.2) is 37.5 Å². The van der Waals surface area contributed by atoms with Gasteiger partial charge in [0.05, 0.1) is 39.1 Å². The second-order valence-corrected chi connectivity index (χ2v) is 8.81. The van der Waals surface area contributed by atoms with Gasteiger partial charge in [-0.25, -0.2) is 4.79 Å². The highest BCUT2D eigenvalue weighted by atomic mass is 16.5. The predicted molar refractivity (Wildman–Crippen MR) is 145 cm³/mol. The highest BCUT2D eigenvalue weighted by molar-refractivity contribution is 5.93. The fourth-order valence-corrected chi connectivity index (χ4v) is 4.28. The number of methoxy groups -OCH3 is 3. The number of benzene rings is 3. The van der Waals surface area contributed by atoms with E-state index in [-0.39, 0.29) is 18.8 Å². The zero-order chi connectivity index (χ0) is 26.5. The highest BCUT2D eigenvalue weighted by Crippen LogP contribution is 2.38. The lowest BCUT2D eigenvalue weighted by molar-refractivity contribution is 0.323. The van der Waals surface area contributed by atoms with Crippen LogP contribution < -0.4 is 24.6 Å². The van der Waals surface area contributed by atoms with Gasteiger partial charge in [0.1, 0.15) is 12.4 Å². The van der Waals surface area contributed by atoms with Gasteiger partial charge in [0, 0.05) is 10.9 Å². The first-order valence-corrected chi connectivity index (χ1v) is 11.9. The molecule has 0 saturated heterocycles. The van der Waals surface area contributed by atoms with E-state index < -0.39 is 0 Å². The molecule has 7 heteroatoms. The quantitative estimate of drug-likeness (QED) is 0.293. The number of hydrogen-bond donors (Lipinski definition) is 0. The molecule has 37 heavy (non-hydrogen) atoms. The second-order valence-electron chi connectivity index (χ2n) is 8.81. The lowest BCUT2D eigenvalue weighted by Gasteiger charge is -2.17. The highest BCUT2D eigenvalue weighted by Gasteiger charge is 2.17. The first kappa shape index (κ1) is 25.6. The van der Waals surface area contributed by atoms with Gasteiger partial charge in [0.2, 0.25) is 5.75 Å². The van der Waals surface area contributed by atoms with E-state index in [1.54, 1.807) is 32.0 Å². The monoisotopic (exact) mass is 498 g/mol. The Morgan fingerprint density at radius 2 is 1.62 bits per heavy atom. The van der Waals surface area contributed by atoms with Crippen molar-refractivity contribution in [3.63, 3.8) is 0 Å². The molecule has 0 radical (unpaired) electrons. The Morgan fingerprint density at radius 1 is 0.946 bits per heavy atom. The van der Waals surface area contributed by atoms with Gasteiger partial charge in [-0.1, -0.05) is 44.0 Å². The Balaban J connectivity index is 1.89. The van der Waals surface area contributed by atoms with Gasteiger partial charge in [0.25, 0.3) is 0 Å². The number of terminal acetylenes is 1. The summed E-state index contributed by atoms with van der Waals surface area (Å²) in [6.45, 7) is 4.67. The zero-order valence-corrected chi connectivity index (χ0v) is 21.7. The van der Waals surface area contributed by atoms with Crippen molar-refractivity contribution in [2.45, 2.75) is 26.3 Å². The van der Waals surface area contributed by atoms with Gasteiger partial charge < -0.3 is 18.9 Å². The third-order valence-corrected chi connectivity index (χ3v) is 6.19. The van der Waals surface area contributed by atoms with Gasteiger partial charge in [0.15, 0.2) is 11.5 Å². The van der Waals surface area contributed by atoms with E-state index in [0.29, 0.717) is 40.1 Å². The molecule has 0 fully saturated rings. The lowest BCUT2D eigenvalue weighted by atomic mass is 9.99. The smallest absolute Gasteiger partial charge is 0.348 e. The zero-order valence-electron chi connectivity index (χ0n) is 21.7. The molecule has 0 unspecified atom stereocenters. The minimum absolute atomic E-state index is 0.141. The van der Waals surface area contributed by atoms with Crippen LogP contribution in [-0.2, 0) is 6.54 Å². The van der Waals surface area contributed by atoms with Gasteiger partial charge in [-0.05, 0) is 47.4 Å². The molecule has 7 nitrogen and oxygen atoms in total. The summed E-state index contributed by atoms with van der Waals surface area (Å²) in [4.78, 5) is 17.9. The van der Waals surface area contributed by atoms with Crippen molar-refractivity contribution in [1.29, 1.82) is 0 Å². The number of ether oxygens (including phenoxy) is 4. The summed E-state index contributed by atoms with van der Waals surface area (Å²) in [7, 11) is 4.66. The summed E-state index contributed by atoms with van der Waals surface area (Å²) in [5, 5.41) is 0.777. The van der Waals surface area contributed by atoms with E-state index in [1.807, 2.05) is 36.4 Å². The molecule has 0 bridgehead atoms. The molecule has 3 aromatic carbocycles. The molecular formula is C30H30N2O5. The lowest BCUT2D eigenvalue weighted by Crippen LogP contribution is -2.24. The van der Waals surface area contributed by atoms with Crippen molar-refractivity contribution >= 4 is 10.9 Å². The molecule has 0 aliphatic rings. The molecule has 0 N–H and O–H groups in total. The SMILES string of the molecule is C#CCOc1ccc2c(c1)c(-c1ccc(C(C)C)cc1)nc(=O)n2Cc1cc(OC)c(OC)c(OC)c1. The first-order chi connectivity index (χ1) is 17.9. The maximum atomic E-state index is 13.4. The van der Waals surface area contributed by atoms with Crippen LogP contribution in [0, 0.1) is 12.3 Å². The third kappa shape index (κ3) is 5.24. The molecule has 0 atom stereocenters. The van der Waals surface area contributed by atoms with E-state index >= 15 is 0 Å². The van der Waals surface area contributed by atoms with Crippen LogP contribution in [0.4, 0.5) is 0 Å². The molecule has 4 rings (SSSR count). The van der Waals surface area contributed by atoms with Crippen LogP contribution in [0.2, 0.25) is 0 Å². The van der Waals surface area contributed by atoms with Crippen LogP contribution in [0.5, 0.6) is 23.0 Å². The fraction of sp³-hybridized carbons (Fsp3) is 0.267. The van der Waals surface area contributed by atoms with Gasteiger partial charge >= 0.3 is 5.69 Å². The summed E-state index contributed by atoms with van der Waals surface area (Å²) in [5.41, 5.74) is 3.78. The molecule has 190 valence electrons. The number of hydrogen-bond acceptors (Lipinski definition) is 6. The number of fused-ring (bicyclic) bond motifs is 1. The van der Waals surface area contributed by atoms with E-state index in [4.69, 9.17) is 25.4 Å². The Kier molecular flexibility index (Phi) is 7.69. The van der Waals surface area contributed by atoms with Crippen molar-refractivity contribution in [2.75, 3.05) is 27.9 Å². The second kappa shape index (κ2) is 11.1. The average Bonchev–Trinajstić information content (AvgIpc) is 2.92. The Hall–Kier alpha value is -4.44. The van der Waals surface area contributed by atoms with Crippen LogP contribution >= 0.6 is 0 Å². The van der Waals surface area contributed by atoms with Gasteiger partial charge in [-0.15, -0.1) is 6.42 Å².